The van der Waals surface area contributed by atoms with E-state index in [9.17, 15) is 0 Å². The van der Waals surface area contributed by atoms with E-state index < -0.39 is 0 Å². The summed E-state index contributed by atoms with van der Waals surface area (Å²) in [6.45, 7) is 6.34. The monoisotopic (exact) mass is 157 g/mol. The van der Waals surface area contributed by atoms with Gasteiger partial charge in [0, 0.05) is 12.6 Å². The minimum Gasteiger partial charge on any atom is -0.375 e. The lowest BCUT2D eigenvalue weighted by Crippen LogP contribution is -2.47. The molecule has 2 unspecified atom stereocenters. The fourth-order valence-electron chi connectivity index (χ4n) is 1.70. The number of hydrogen-bond acceptors (Lipinski definition) is 2. The number of rotatable bonds is 3. The van der Waals surface area contributed by atoms with Crippen molar-refractivity contribution in [1.82, 2.24) is 5.32 Å². The van der Waals surface area contributed by atoms with Gasteiger partial charge in [-0.05, 0) is 12.8 Å². The Hall–Kier alpha value is -0.0800. The minimum absolute atomic E-state index is 0.462. The first-order valence-electron chi connectivity index (χ1n) is 4.73. The summed E-state index contributed by atoms with van der Waals surface area (Å²) in [6, 6.07) is 0.610. The van der Waals surface area contributed by atoms with Gasteiger partial charge in [-0.1, -0.05) is 20.3 Å². The molecule has 0 spiro atoms. The largest absolute Gasteiger partial charge is 0.375 e. The average Bonchev–Trinajstić information content (AvgIpc) is 2.06. The molecule has 2 heteroatoms. The molecule has 11 heavy (non-hydrogen) atoms. The summed E-state index contributed by atoms with van der Waals surface area (Å²) in [6.07, 6.45) is 4.09. The second-order valence-electron chi connectivity index (χ2n) is 3.17. The van der Waals surface area contributed by atoms with Crippen LogP contribution in [-0.2, 0) is 4.74 Å². The van der Waals surface area contributed by atoms with Gasteiger partial charge in [0.15, 0.2) is 0 Å². The van der Waals surface area contributed by atoms with Gasteiger partial charge in [-0.15, -0.1) is 0 Å². The zero-order chi connectivity index (χ0) is 8.10. The van der Waals surface area contributed by atoms with Crippen LogP contribution >= 0.6 is 0 Å². The van der Waals surface area contributed by atoms with Crippen molar-refractivity contribution in [3.8, 4) is 0 Å². The first-order valence-corrected chi connectivity index (χ1v) is 4.73. The maximum absolute atomic E-state index is 5.63. The van der Waals surface area contributed by atoms with Gasteiger partial charge < -0.3 is 10.1 Å². The van der Waals surface area contributed by atoms with E-state index in [4.69, 9.17) is 4.74 Å². The fraction of sp³-hybridized carbons (Fsp3) is 1.00. The first kappa shape index (κ1) is 9.01. The van der Waals surface area contributed by atoms with Crippen LogP contribution in [0.25, 0.3) is 0 Å². The summed E-state index contributed by atoms with van der Waals surface area (Å²) >= 11 is 0. The molecule has 0 saturated carbocycles. The molecule has 0 radical (unpaired) electrons. The summed E-state index contributed by atoms with van der Waals surface area (Å²) in [5.41, 5.74) is 0. The molecular formula is C9H19NO. The van der Waals surface area contributed by atoms with Crippen molar-refractivity contribution < 1.29 is 4.74 Å². The smallest absolute Gasteiger partial charge is 0.0726 e. The van der Waals surface area contributed by atoms with Gasteiger partial charge in [-0.3, -0.25) is 0 Å². The van der Waals surface area contributed by atoms with E-state index >= 15 is 0 Å². The first-order chi connectivity index (χ1) is 5.38. The zero-order valence-electron chi connectivity index (χ0n) is 7.60. The maximum Gasteiger partial charge on any atom is 0.0726 e. The van der Waals surface area contributed by atoms with Gasteiger partial charge >= 0.3 is 0 Å². The Morgan fingerprint density at radius 3 is 2.91 bits per heavy atom. The van der Waals surface area contributed by atoms with Crippen LogP contribution in [-0.4, -0.2) is 25.3 Å². The molecule has 0 aromatic carbocycles. The predicted molar refractivity (Wildman–Crippen MR) is 46.7 cm³/mol. The molecule has 1 saturated heterocycles. The molecule has 0 aromatic heterocycles. The van der Waals surface area contributed by atoms with Crippen molar-refractivity contribution in [2.24, 2.45) is 0 Å². The number of nitrogens with one attached hydrogen (secondary N) is 1. The Morgan fingerprint density at radius 1 is 1.45 bits per heavy atom. The van der Waals surface area contributed by atoms with E-state index in [2.05, 4.69) is 19.2 Å². The van der Waals surface area contributed by atoms with Gasteiger partial charge in [-0.2, -0.15) is 0 Å². The van der Waals surface area contributed by atoms with Crippen LogP contribution < -0.4 is 5.32 Å². The predicted octanol–water partition coefficient (Wildman–Crippen LogP) is 1.55. The molecule has 0 aromatic rings. The van der Waals surface area contributed by atoms with Crippen LogP contribution in [0.4, 0.5) is 0 Å². The van der Waals surface area contributed by atoms with Crippen LogP contribution in [0, 0.1) is 0 Å². The van der Waals surface area contributed by atoms with Gasteiger partial charge in [0.2, 0.25) is 0 Å². The molecule has 1 N–H and O–H groups in total. The molecular weight excluding hydrogens is 138 g/mol. The fourth-order valence-corrected chi connectivity index (χ4v) is 1.70. The van der Waals surface area contributed by atoms with Crippen molar-refractivity contribution >= 4 is 0 Å². The minimum atomic E-state index is 0.462. The lowest BCUT2D eigenvalue weighted by molar-refractivity contribution is -0.00800. The van der Waals surface area contributed by atoms with Crippen molar-refractivity contribution in [2.45, 2.75) is 45.3 Å². The molecule has 1 fully saturated rings. The molecule has 1 heterocycles. The summed E-state index contributed by atoms with van der Waals surface area (Å²) in [5, 5.41) is 3.50. The van der Waals surface area contributed by atoms with Crippen LogP contribution in [0.3, 0.4) is 0 Å². The van der Waals surface area contributed by atoms with Crippen LogP contribution in [0.5, 0.6) is 0 Å². The summed E-state index contributed by atoms with van der Waals surface area (Å²) in [7, 11) is 0. The Kier molecular flexibility index (Phi) is 3.87. The average molecular weight is 157 g/mol. The Labute approximate surface area is 69.3 Å². The molecule has 0 aliphatic carbocycles. The van der Waals surface area contributed by atoms with E-state index in [1.165, 1.54) is 12.8 Å². The number of morpholine rings is 1. The van der Waals surface area contributed by atoms with Crippen molar-refractivity contribution in [2.75, 3.05) is 13.2 Å². The SMILES string of the molecule is CCCC1NCCOC1CC. The molecule has 0 amide bonds. The normalized spacial score (nSPS) is 32.2. The van der Waals surface area contributed by atoms with Gasteiger partial charge in [-0.25, -0.2) is 0 Å². The van der Waals surface area contributed by atoms with E-state index in [-0.39, 0.29) is 0 Å². The highest BCUT2D eigenvalue weighted by Crippen LogP contribution is 2.12. The summed E-state index contributed by atoms with van der Waals surface area (Å²) < 4.78 is 5.63. The molecule has 1 rings (SSSR count). The van der Waals surface area contributed by atoms with E-state index in [1.807, 2.05) is 0 Å². The van der Waals surface area contributed by atoms with Crippen molar-refractivity contribution in [3.63, 3.8) is 0 Å². The second-order valence-corrected chi connectivity index (χ2v) is 3.17. The topological polar surface area (TPSA) is 21.3 Å². The van der Waals surface area contributed by atoms with E-state index in [0.29, 0.717) is 12.1 Å². The van der Waals surface area contributed by atoms with Crippen molar-refractivity contribution in [3.05, 3.63) is 0 Å². The van der Waals surface area contributed by atoms with Crippen LogP contribution in [0.2, 0.25) is 0 Å². The quantitative estimate of drug-likeness (QED) is 0.671. The third-order valence-corrected chi connectivity index (χ3v) is 2.29. The number of hydrogen-bond donors (Lipinski definition) is 1. The molecule has 1 aliphatic rings. The lowest BCUT2D eigenvalue weighted by atomic mass is 10.0. The standard InChI is InChI=1S/C9H19NO/c1-3-5-8-9(4-2)11-7-6-10-8/h8-10H,3-7H2,1-2H3. The number of ether oxygens (including phenoxy) is 1. The molecule has 66 valence electrons. The van der Waals surface area contributed by atoms with E-state index in [1.54, 1.807) is 0 Å². The second kappa shape index (κ2) is 4.73. The Balaban J connectivity index is 2.31. The highest BCUT2D eigenvalue weighted by Gasteiger charge is 2.22. The third-order valence-electron chi connectivity index (χ3n) is 2.29. The highest BCUT2D eigenvalue weighted by molar-refractivity contribution is 4.79. The summed E-state index contributed by atoms with van der Waals surface area (Å²) in [4.78, 5) is 0. The molecule has 0 bridgehead atoms. The Morgan fingerprint density at radius 2 is 2.27 bits per heavy atom. The molecule has 1 aliphatic heterocycles. The summed E-state index contributed by atoms with van der Waals surface area (Å²) in [5.74, 6) is 0. The zero-order valence-corrected chi connectivity index (χ0v) is 7.60. The maximum atomic E-state index is 5.63. The molecule has 2 atom stereocenters. The lowest BCUT2D eigenvalue weighted by Gasteiger charge is -2.32. The van der Waals surface area contributed by atoms with Crippen molar-refractivity contribution in [1.29, 1.82) is 0 Å². The van der Waals surface area contributed by atoms with Gasteiger partial charge in [0.05, 0.1) is 12.7 Å². The Bertz CT molecular complexity index is 104. The third kappa shape index (κ3) is 2.46. The molecule has 2 nitrogen and oxygen atoms in total. The van der Waals surface area contributed by atoms with Gasteiger partial charge in [0.1, 0.15) is 0 Å². The highest BCUT2D eigenvalue weighted by atomic mass is 16.5. The van der Waals surface area contributed by atoms with Crippen LogP contribution in [0.15, 0.2) is 0 Å². The van der Waals surface area contributed by atoms with E-state index in [0.717, 1.165) is 19.6 Å². The van der Waals surface area contributed by atoms with Crippen LogP contribution in [0.1, 0.15) is 33.1 Å². The van der Waals surface area contributed by atoms with Gasteiger partial charge in [0.25, 0.3) is 0 Å².